The van der Waals surface area contributed by atoms with E-state index in [-0.39, 0.29) is 23.8 Å². The van der Waals surface area contributed by atoms with Gasteiger partial charge in [0.15, 0.2) is 5.11 Å². The van der Waals surface area contributed by atoms with Gasteiger partial charge in [0, 0.05) is 12.1 Å². The Kier molecular flexibility index (Phi) is 8.38. The van der Waals surface area contributed by atoms with Crippen molar-refractivity contribution in [3.8, 4) is 0 Å². The Morgan fingerprint density at radius 1 is 1.00 bits per heavy atom. The molecule has 2 aromatic rings. The zero-order valence-electron chi connectivity index (χ0n) is 14.7. The topological polar surface area (TPSA) is 67.4 Å². The number of amides is 1. The summed E-state index contributed by atoms with van der Waals surface area (Å²) in [6, 6.07) is 15.5. The van der Waals surface area contributed by atoms with Crippen molar-refractivity contribution in [3.05, 3.63) is 66.0 Å². The molecule has 0 aliphatic rings. The van der Waals surface area contributed by atoms with E-state index in [0.717, 1.165) is 12.8 Å². The lowest BCUT2D eigenvalue weighted by atomic mass is 10.1. The lowest BCUT2D eigenvalue weighted by Crippen LogP contribution is -2.34. The van der Waals surface area contributed by atoms with E-state index in [1.165, 1.54) is 29.8 Å². The molecule has 0 saturated heterocycles. The van der Waals surface area contributed by atoms with Gasteiger partial charge in [-0.25, -0.2) is 4.39 Å². The first-order valence-electron chi connectivity index (χ1n) is 8.59. The highest BCUT2D eigenvalue weighted by Gasteiger charge is 2.10. The average Bonchev–Trinajstić information content (AvgIpc) is 2.66. The van der Waals surface area contributed by atoms with Crippen LogP contribution >= 0.6 is 12.2 Å². The van der Waals surface area contributed by atoms with Crippen molar-refractivity contribution in [2.24, 2.45) is 0 Å². The molecule has 0 aromatic heterocycles. The standard InChI is InChI=1S/C20H21FN2O3S/c21-16-8-10-17(11-9-16)22-20(27)23-18(24)12-13-19(25)26-14-4-7-15-5-2-1-3-6-15/h1-3,5-6,8-11H,4,7,12-14H2,(H2,22,23,24,27). The van der Waals surface area contributed by atoms with Crippen molar-refractivity contribution in [2.75, 3.05) is 11.9 Å². The Morgan fingerprint density at radius 3 is 2.41 bits per heavy atom. The summed E-state index contributed by atoms with van der Waals surface area (Å²) in [6.45, 7) is 0.319. The van der Waals surface area contributed by atoms with Crippen molar-refractivity contribution >= 4 is 34.9 Å². The van der Waals surface area contributed by atoms with E-state index < -0.39 is 11.9 Å². The number of nitrogens with one attached hydrogen (secondary N) is 2. The van der Waals surface area contributed by atoms with E-state index in [1.54, 1.807) is 0 Å². The summed E-state index contributed by atoms with van der Waals surface area (Å²) in [5, 5.41) is 5.31. The highest BCUT2D eigenvalue weighted by molar-refractivity contribution is 7.80. The third-order valence-corrected chi connectivity index (χ3v) is 3.83. The number of anilines is 1. The van der Waals surface area contributed by atoms with Crippen molar-refractivity contribution in [1.82, 2.24) is 5.32 Å². The number of thiocarbonyl (C=S) groups is 1. The third-order valence-electron chi connectivity index (χ3n) is 3.63. The van der Waals surface area contributed by atoms with Gasteiger partial charge in [0.05, 0.1) is 13.0 Å². The zero-order chi connectivity index (χ0) is 19.5. The second-order valence-electron chi connectivity index (χ2n) is 5.82. The number of benzene rings is 2. The number of carbonyl (C=O) groups is 2. The van der Waals surface area contributed by atoms with Crippen molar-refractivity contribution in [2.45, 2.75) is 25.7 Å². The van der Waals surface area contributed by atoms with Crippen LogP contribution in [0, 0.1) is 5.82 Å². The van der Waals surface area contributed by atoms with Gasteiger partial charge in [-0.1, -0.05) is 30.3 Å². The minimum Gasteiger partial charge on any atom is -0.466 e. The maximum Gasteiger partial charge on any atom is 0.306 e. The van der Waals surface area contributed by atoms with Crippen LogP contribution in [0.2, 0.25) is 0 Å². The fraction of sp³-hybridized carbons (Fsp3) is 0.250. The fourth-order valence-electron chi connectivity index (χ4n) is 2.28. The summed E-state index contributed by atoms with van der Waals surface area (Å²) < 4.78 is 18.0. The quantitative estimate of drug-likeness (QED) is 0.411. The normalized spacial score (nSPS) is 10.1. The zero-order valence-corrected chi connectivity index (χ0v) is 15.6. The molecule has 2 rings (SSSR count). The van der Waals surface area contributed by atoms with Crippen molar-refractivity contribution < 1.29 is 18.7 Å². The van der Waals surface area contributed by atoms with E-state index in [4.69, 9.17) is 17.0 Å². The summed E-state index contributed by atoms with van der Waals surface area (Å²) in [6.07, 6.45) is 1.52. The van der Waals surface area contributed by atoms with Crippen LogP contribution in [0.3, 0.4) is 0 Å². The maximum atomic E-state index is 12.8. The molecule has 7 heteroatoms. The Hall–Kier alpha value is -2.80. The van der Waals surface area contributed by atoms with Gasteiger partial charge < -0.3 is 15.4 Å². The summed E-state index contributed by atoms with van der Waals surface area (Å²) in [5.74, 6) is -1.18. The van der Waals surface area contributed by atoms with Crippen LogP contribution in [-0.2, 0) is 20.7 Å². The van der Waals surface area contributed by atoms with E-state index in [2.05, 4.69) is 10.6 Å². The summed E-state index contributed by atoms with van der Waals surface area (Å²) >= 11 is 5.00. The molecule has 142 valence electrons. The maximum absolute atomic E-state index is 12.8. The van der Waals surface area contributed by atoms with Crippen LogP contribution in [0.4, 0.5) is 10.1 Å². The van der Waals surface area contributed by atoms with Crippen LogP contribution in [0.15, 0.2) is 54.6 Å². The Bertz CT molecular complexity index is 767. The van der Waals surface area contributed by atoms with Crippen LogP contribution in [0.1, 0.15) is 24.8 Å². The number of rotatable bonds is 8. The molecule has 0 saturated carbocycles. The Labute approximate surface area is 162 Å². The molecule has 0 aliphatic carbocycles. The number of ether oxygens (including phenoxy) is 1. The minimum atomic E-state index is -0.421. The number of esters is 1. The van der Waals surface area contributed by atoms with Crippen LogP contribution in [-0.4, -0.2) is 23.6 Å². The molecule has 0 bridgehead atoms. The predicted molar refractivity (Wildman–Crippen MR) is 106 cm³/mol. The molecule has 1 amide bonds. The lowest BCUT2D eigenvalue weighted by molar-refractivity contribution is -0.145. The molecule has 27 heavy (non-hydrogen) atoms. The van der Waals surface area contributed by atoms with Crippen molar-refractivity contribution in [1.29, 1.82) is 0 Å². The molecule has 0 radical (unpaired) electrons. The van der Waals surface area contributed by atoms with E-state index in [9.17, 15) is 14.0 Å². The first kappa shape index (κ1) is 20.5. The van der Waals surface area contributed by atoms with Gasteiger partial charge in [-0.2, -0.15) is 0 Å². The SMILES string of the molecule is O=C(CCC(=O)OCCCc1ccccc1)NC(=S)Nc1ccc(F)cc1. The molecule has 2 aromatic carbocycles. The van der Waals surface area contributed by atoms with Crippen molar-refractivity contribution in [3.63, 3.8) is 0 Å². The molecular formula is C20H21FN2O3S. The molecule has 5 nitrogen and oxygen atoms in total. The lowest BCUT2D eigenvalue weighted by Gasteiger charge is -2.09. The van der Waals surface area contributed by atoms with Crippen LogP contribution in [0.25, 0.3) is 0 Å². The highest BCUT2D eigenvalue weighted by Crippen LogP contribution is 2.08. The van der Waals surface area contributed by atoms with E-state index in [1.807, 2.05) is 30.3 Å². The van der Waals surface area contributed by atoms with Crippen LogP contribution < -0.4 is 10.6 Å². The monoisotopic (exact) mass is 388 g/mol. The largest absolute Gasteiger partial charge is 0.466 e. The van der Waals surface area contributed by atoms with E-state index in [0.29, 0.717) is 12.3 Å². The number of hydrogen-bond acceptors (Lipinski definition) is 4. The molecule has 0 fully saturated rings. The summed E-state index contributed by atoms with van der Waals surface area (Å²) in [4.78, 5) is 23.5. The molecule has 0 aliphatic heterocycles. The van der Waals surface area contributed by atoms with Gasteiger partial charge in [-0.3, -0.25) is 9.59 Å². The first-order chi connectivity index (χ1) is 13.0. The first-order valence-corrected chi connectivity index (χ1v) is 9.00. The number of hydrogen-bond donors (Lipinski definition) is 2. The van der Waals surface area contributed by atoms with Gasteiger partial charge in [0.1, 0.15) is 5.82 Å². The summed E-state index contributed by atoms with van der Waals surface area (Å²) in [7, 11) is 0. The average molecular weight is 388 g/mol. The minimum absolute atomic E-state index is 0.0175. The molecule has 0 atom stereocenters. The molecule has 0 unspecified atom stereocenters. The Morgan fingerprint density at radius 2 is 1.70 bits per heavy atom. The molecule has 0 heterocycles. The second kappa shape index (κ2) is 11.0. The number of aryl methyl sites for hydroxylation is 1. The molecule has 2 N–H and O–H groups in total. The van der Waals surface area contributed by atoms with Crippen LogP contribution in [0.5, 0.6) is 0 Å². The molecular weight excluding hydrogens is 367 g/mol. The predicted octanol–water partition coefficient (Wildman–Crippen LogP) is 3.59. The molecule has 0 spiro atoms. The Balaban J connectivity index is 1.58. The van der Waals surface area contributed by atoms with Gasteiger partial charge in [-0.15, -0.1) is 0 Å². The second-order valence-corrected chi connectivity index (χ2v) is 6.23. The number of halogens is 1. The fourth-order valence-corrected chi connectivity index (χ4v) is 2.51. The highest BCUT2D eigenvalue weighted by atomic mass is 32.1. The summed E-state index contributed by atoms with van der Waals surface area (Å²) in [5.41, 5.74) is 1.75. The van der Waals surface area contributed by atoms with E-state index >= 15 is 0 Å². The van der Waals surface area contributed by atoms with Gasteiger partial charge in [0.25, 0.3) is 0 Å². The van der Waals surface area contributed by atoms with Gasteiger partial charge in [0.2, 0.25) is 5.91 Å². The van der Waals surface area contributed by atoms with Gasteiger partial charge >= 0.3 is 5.97 Å². The smallest absolute Gasteiger partial charge is 0.306 e. The number of carbonyl (C=O) groups excluding carboxylic acids is 2. The third kappa shape index (κ3) is 8.42. The van der Waals surface area contributed by atoms with Gasteiger partial charge in [-0.05, 0) is 54.9 Å².